The Bertz CT molecular complexity index is 3480. The summed E-state index contributed by atoms with van der Waals surface area (Å²) in [7, 11) is 7.70. The third-order valence-electron chi connectivity index (χ3n) is 17.4. The molecule has 35 nitrogen and oxygen atoms in total. The molecule has 0 amide bonds. The smallest absolute Gasteiger partial charge is 0.465 e. The van der Waals surface area contributed by atoms with Gasteiger partial charge in [0, 0.05) is 184 Å². The van der Waals surface area contributed by atoms with Crippen LogP contribution >= 0.6 is 0 Å². The molecule has 720 valence electrons. The van der Waals surface area contributed by atoms with E-state index >= 15 is 0 Å². The number of rotatable bonds is 60. The second-order valence-electron chi connectivity index (χ2n) is 25.5. The van der Waals surface area contributed by atoms with E-state index in [0.717, 1.165) is 5.19 Å². The first-order valence-corrected chi connectivity index (χ1v) is 50.2. The molecule has 0 aromatic heterocycles. The zero-order valence-electron chi connectivity index (χ0n) is 80.8. The maximum absolute atomic E-state index is 6.00. The van der Waals surface area contributed by atoms with Gasteiger partial charge in [0.25, 0.3) is 0 Å². The molecule has 5 rings (SSSR count). The predicted octanol–water partition coefficient (Wildman–Crippen LogP) is 11.5. The summed E-state index contributed by atoms with van der Waals surface area (Å²) in [5, 5.41) is 3.37. The molecule has 0 aliphatic carbocycles. The number of para-hydroxylation sites is 1. The zero-order valence-corrected chi connectivity index (χ0v) is 85.8. The molecule has 0 saturated heterocycles. The van der Waals surface area contributed by atoms with E-state index in [2.05, 4.69) is 0 Å². The van der Waals surface area contributed by atoms with Crippen molar-refractivity contribution in [2.24, 2.45) is 0 Å². The van der Waals surface area contributed by atoms with E-state index in [1.807, 2.05) is 187 Å². The van der Waals surface area contributed by atoms with Gasteiger partial charge in [-0.3, -0.25) is 0 Å². The molecule has 0 saturated carbocycles. The summed E-state index contributed by atoms with van der Waals surface area (Å²) >= 11 is 0. The molecule has 0 N–H and O–H groups in total. The van der Waals surface area contributed by atoms with Crippen LogP contribution in [0.5, 0.6) is 57.5 Å². The van der Waals surface area contributed by atoms with Crippen molar-refractivity contribution in [1.82, 2.24) is 0 Å². The Labute approximate surface area is 749 Å². The molecule has 0 radical (unpaired) electrons. The summed E-state index contributed by atoms with van der Waals surface area (Å²) in [5.41, 5.74) is 0. The lowest BCUT2D eigenvalue weighted by molar-refractivity contribution is -0.0766. The monoisotopic (exact) mass is 1870 g/mol. The molecule has 125 heavy (non-hydrogen) atoms. The van der Waals surface area contributed by atoms with E-state index in [9.17, 15) is 0 Å². The van der Waals surface area contributed by atoms with Crippen LogP contribution in [-0.2, 0) is 114 Å². The summed E-state index contributed by atoms with van der Waals surface area (Å²) in [4.78, 5) is 0. The molecule has 5 aromatic carbocycles. The zero-order chi connectivity index (χ0) is 94.4. The van der Waals surface area contributed by atoms with Gasteiger partial charge in [0.05, 0.1) is 15.6 Å². The molecular weight excluding hydrogens is 1720 g/mol. The molecule has 0 fully saturated rings. The molecule has 0 heterocycles. The standard InChI is InChI=1S/5C17H30O7Si/c1-8-21-13(3)23-15-10-11-17(25(18-5,19-6)20-7)16(12-15)24-14(4)22-9-2;1-8-21-13(3)23-16-11-10-15(25(18-5,19-6)20-7)12-17(16)24-14(4)22-9-2;1-8-21-13(3)23-15-10-11-16(24-14(4)22-9-2)17(12-15)25(18-5,19-6)20-7;1-8-21-13(3)23-15-11-10-12-16(25(18-5,19-6)20-7)17(15)24-14(4)22-9-2;1-8-21-13(3)23-15-11-10-12-16(24-14(4)22-9-2)17(15)25(18-5,19-6)20-7/h5*10-14H,8-9H2,1-7H3. The van der Waals surface area contributed by atoms with Crippen LogP contribution in [0.15, 0.2) is 91.0 Å². The molecule has 40 heteroatoms. The molecule has 0 aliphatic rings. The largest absolute Gasteiger partial charge is 0.544 e. The van der Waals surface area contributed by atoms with Crippen LogP contribution in [0, 0.1) is 0 Å². The highest BCUT2D eigenvalue weighted by Crippen LogP contribution is 2.34. The van der Waals surface area contributed by atoms with Gasteiger partial charge in [-0.1, -0.05) is 24.3 Å². The maximum atomic E-state index is 6.00. The van der Waals surface area contributed by atoms with Gasteiger partial charge in [0.1, 0.15) is 39.7 Å². The fourth-order valence-corrected chi connectivity index (χ4v) is 21.6. The van der Waals surface area contributed by atoms with Gasteiger partial charge in [-0.15, -0.1) is 0 Å². The molecular formula is C85H150O35Si5. The van der Waals surface area contributed by atoms with Crippen LogP contribution in [0.2, 0.25) is 0 Å². The van der Waals surface area contributed by atoms with Crippen LogP contribution in [-0.4, -0.2) is 280 Å². The fraction of sp³-hybridized carbons (Fsp3) is 0.647. The van der Waals surface area contributed by atoms with Crippen molar-refractivity contribution in [3.8, 4) is 57.5 Å². The predicted molar refractivity (Wildman–Crippen MR) is 481 cm³/mol. The highest BCUT2D eigenvalue weighted by Gasteiger charge is 2.50. The van der Waals surface area contributed by atoms with Crippen molar-refractivity contribution in [3.63, 3.8) is 0 Å². The SMILES string of the molecule is CCOC(C)Oc1ccc(OC(C)OCC)c([Si](OC)(OC)OC)c1.CCOC(C)Oc1ccc([Si](OC)(OC)OC)c(OC(C)OCC)c1.CCOC(C)Oc1ccc([Si](OC)(OC)OC)cc1OC(C)OCC.CCOC(C)Oc1cccc(OC(C)OCC)c1[Si](OC)(OC)OC.CCOC(C)Oc1cccc([Si](OC)(OC)OC)c1OC(C)OCC. The van der Waals surface area contributed by atoms with E-state index in [1.165, 1.54) is 21.3 Å². The van der Waals surface area contributed by atoms with Crippen LogP contribution in [0.4, 0.5) is 0 Å². The van der Waals surface area contributed by atoms with Crippen LogP contribution in [0.25, 0.3) is 0 Å². The van der Waals surface area contributed by atoms with Crippen LogP contribution < -0.4 is 73.3 Å². The first-order chi connectivity index (χ1) is 59.8. The second-order valence-corrected chi connectivity index (χ2v) is 39.9. The number of benzene rings is 5. The van der Waals surface area contributed by atoms with Crippen LogP contribution in [0.1, 0.15) is 138 Å². The van der Waals surface area contributed by atoms with Crippen molar-refractivity contribution in [2.45, 2.75) is 201 Å². The lowest BCUT2D eigenvalue weighted by Crippen LogP contribution is -2.56. The Morgan fingerprint density at radius 3 is 0.824 bits per heavy atom. The fourth-order valence-electron chi connectivity index (χ4n) is 12.1. The van der Waals surface area contributed by atoms with Gasteiger partial charge in [0.2, 0.25) is 0 Å². The minimum atomic E-state index is -3.22. The first kappa shape index (κ1) is 117. The van der Waals surface area contributed by atoms with Gasteiger partial charge >= 0.3 is 44.0 Å². The van der Waals surface area contributed by atoms with Gasteiger partial charge in [-0.2, -0.15) is 0 Å². The number of ether oxygens (including phenoxy) is 20. The number of hydrogen-bond donors (Lipinski definition) is 0. The van der Waals surface area contributed by atoms with Gasteiger partial charge in [-0.25, -0.2) is 0 Å². The molecule has 10 atom stereocenters. The number of hydrogen-bond acceptors (Lipinski definition) is 35. The van der Waals surface area contributed by atoms with Gasteiger partial charge in [0.15, 0.2) is 85.9 Å². The average molecular weight is 1870 g/mol. The molecule has 0 spiro atoms. The Morgan fingerprint density at radius 1 is 0.200 bits per heavy atom. The van der Waals surface area contributed by atoms with E-state index in [1.54, 1.807) is 128 Å². The van der Waals surface area contributed by atoms with Crippen LogP contribution in [0.3, 0.4) is 0 Å². The summed E-state index contributed by atoms with van der Waals surface area (Å²) in [6.45, 7) is 42.7. The lowest BCUT2D eigenvalue weighted by atomic mass is 10.3. The van der Waals surface area contributed by atoms with E-state index in [4.69, 9.17) is 161 Å². The molecule has 10 unspecified atom stereocenters. The second kappa shape index (κ2) is 64.0. The summed E-state index contributed by atoms with van der Waals surface area (Å²) < 4.78 is 197. The summed E-state index contributed by atoms with van der Waals surface area (Å²) in [6, 6.07) is 27.1. The maximum Gasteiger partial charge on any atom is 0.544 e. The first-order valence-electron chi connectivity index (χ1n) is 41.6. The third-order valence-corrected chi connectivity index (χ3v) is 30.8. The van der Waals surface area contributed by atoms with E-state index in [0.29, 0.717) is 144 Å². The Morgan fingerprint density at radius 2 is 0.464 bits per heavy atom. The minimum absolute atomic E-state index is 0.373. The quantitative estimate of drug-likeness (QED) is 0.0258. The van der Waals surface area contributed by atoms with Gasteiger partial charge < -0.3 is 161 Å². The third kappa shape index (κ3) is 37.5. The highest BCUT2D eigenvalue weighted by molar-refractivity contribution is 6.78. The average Bonchev–Trinajstić information content (AvgIpc) is 1.50. The Balaban J connectivity index is 0.000000781. The van der Waals surface area contributed by atoms with E-state index < -0.39 is 94.3 Å². The lowest BCUT2D eigenvalue weighted by Gasteiger charge is -2.29. The van der Waals surface area contributed by atoms with Crippen molar-refractivity contribution < 1.29 is 161 Å². The molecule has 0 aliphatic heterocycles. The van der Waals surface area contributed by atoms with Crippen molar-refractivity contribution >= 4 is 70.0 Å². The molecule has 0 bridgehead atoms. The Kier molecular flexibility index (Phi) is 60.0. The minimum Gasteiger partial charge on any atom is -0.465 e. The Hall–Kier alpha value is -5.82. The normalized spacial score (nSPS) is 14.2. The van der Waals surface area contributed by atoms with Crippen molar-refractivity contribution in [3.05, 3.63) is 91.0 Å². The summed E-state index contributed by atoms with van der Waals surface area (Å²) in [6.07, 6.45) is -4.26. The van der Waals surface area contributed by atoms with Gasteiger partial charge in [-0.05, 0) is 199 Å². The van der Waals surface area contributed by atoms with E-state index in [-0.39, 0.29) is 12.6 Å². The molecule has 5 aromatic rings. The topological polar surface area (TPSA) is 323 Å². The van der Waals surface area contributed by atoms with Crippen molar-refractivity contribution in [1.29, 1.82) is 0 Å². The highest BCUT2D eigenvalue weighted by atomic mass is 28.4. The van der Waals surface area contributed by atoms with Crippen molar-refractivity contribution in [2.75, 3.05) is 173 Å². The summed E-state index contributed by atoms with van der Waals surface area (Å²) in [5.74, 6) is 5.38.